The second kappa shape index (κ2) is 8.32. The molecule has 0 spiro atoms. The van der Waals surface area contributed by atoms with Gasteiger partial charge in [-0.05, 0) is 46.9 Å². The molecule has 1 saturated heterocycles. The molecular weight excluding hydrogens is 433 g/mol. The predicted molar refractivity (Wildman–Crippen MR) is 131 cm³/mol. The lowest BCUT2D eigenvalue weighted by molar-refractivity contribution is 0.102. The lowest BCUT2D eigenvalue weighted by Gasteiger charge is -2.43. The molecule has 176 valence electrons. The summed E-state index contributed by atoms with van der Waals surface area (Å²) in [5.41, 5.74) is 3.29. The number of carbonyl (C=O) groups excluding carboxylic acids is 1. The molecule has 1 aromatic carbocycles. The number of anilines is 2. The molecule has 1 amide bonds. The molecule has 0 bridgehead atoms. The van der Waals surface area contributed by atoms with Crippen molar-refractivity contribution in [3.05, 3.63) is 59.7 Å². The number of piperazine rings is 1. The van der Waals surface area contributed by atoms with Crippen LogP contribution in [0.25, 0.3) is 16.6 Å². The monoisotopic (exact) mass is 461 g/mol. The Morgan fingerprint density at radius 2 is 1.85 bits per heavy atom. The van der Waals surface area contributed by atoms with E-state index < -0.39 is 5.82 Å². The summed E-state index contributed by atoms with van der Waals surface area (Å²) in [5, 5.41) is 3.65. The average molecular weight is 462 g/mol. The molecule has 1 fully saturated rings. The number of amides is 1. The van der Waals surface area contributed by atoms with Crippen molar-refractivity contribution in [2.75, 3.05) is 30.4 Å². The second-order valence-electron chi connectivity index (χ2n) is 9.22. The van der Waals surface area contributed by atoms with Crippen LogP contribution in [0.1, 0.15) is 35.7 Å². The van der Waals surface area contributed by atoms with Crippen LogP contribution in [0.15, 0.2) is 36.8 Å². The summed E-state index contributed by atoms with van der Waals surface area (Å²) in [6.45, 7) is 9.77. The fourth-order valence-electron chi connectivity index (χ4n) is 4.70. The second-order valence-corrected chi connectivity index (χ2v) is 9.22. The van der Waals surface area contributed by atoms with Crippen LogP contribution in [0, 0.1) is 19.7 Å². The molecule has 8 nitrogen and oxygen atoms in total. The number of pyridine rings is 1. The molecule has 3 aromatic heterocycles. The number of hydrogen-bond donors (Lipinski definition) is 1. The van der Waals surface area contributed by atoms with Crippen molar-refractivity contribution < 1.29 is 9.18 Å². The smallest absolute Gasteiger partial charge is 0.257 e. The number of rotatable bonds is 3. The number of fused-ring (bicyclic) bond motifs is 2. The van der Waals surface area contributed by atoms with E-state index in [0.29, 0.717) is 40.4 Å². The molecule has 4 heterocycles. The first kappa shape index (κ1) is 22.2. The molecule has 2 atom stereocenters. The van der Waals surface area contributed by atoms with E-state index in [9.17, 15) is 9.18 Å². The van der Waals surface area contributed by atoms with E-state index in [1.807, 2.05) is 6.07 Å². The minimum Gasteiger partial charge on any atom is -0.368 e. The van der Waals surface area contributed by atoms with Crippen molar-refractivity contribution in [1.29, 1.82) is 0 Å². The van der Waals surface area contributed by atoms with Gasteiger partial charge < -0.3 is 14.6 Å². The predicted octanol–water partition coefficient (Wildman–Crippen LogP) is 3.81. The third-order valence-electron chi connectivity index (χ3n) is 6.68. The highest BCUT2D eigenvalue weighted by molar-refractivity contribution is 6.13. The summed E-state index contributed by atoms with van der Waals surface area (Å²) in [4.78, 5) is 31.2. The minimum absolute atomic E-state index is 0.226. The van der Waals surface area contributed by atoms with Crippen LogP contribution < -0.4 is 10.2 Å². The number of halogens is 1. The van der Waals surface area contributed by atoms with E-state index in [2.05, 4.69) is 51.0 Å². The van der Waals surface area contributed by atoms with Crippen LogP contribution in [0.5, 0.6) is 0 Å². The number of nitrogens with one attached hydrogen (secondary N) is 1. The summed E-state index contributed by atoms with van der Waals surface area (Å²) in [7, 11) is 2.15. The van der Waals surface area contributed by atoms with Crippen molar-refractivity contribution >= 4 is 33.8 Å². The van der Waals surface area contributed by atoms with Gasteiger partial charge in [0.25, 0.3) is 5.91 Å². The average Bonchev–Trinajstić information content (AvgIpc) is 3.17. The molecule has 5 rings (SSSR count). The van der Waals surface area contributed by atoms with Gasteiger partial charge in [-0.1, -0.05) is 0 Å². The van der Waals surface area contributed by atoms with E-state index in [1.165, 1.54) is 6.07 Å². The Bertz CT molecular complexity index is 1400. The standard InChI is InChI=1S/C25H28FN7O/c1-14-10-33-13-18(8-21(26)24(33)28-14)30-25(34)19-6-7-22(20-9-27-17(4)29-23(19)20)32-11-15(2)31(5)16(3)12-32/h6-10,13,15-16H,11-12H2,1-5H3,(H,30,34)/t15-,16-/m0/s1. The van der Waals surface area contributed by atoms with Gasteiger partial charge in [-0.3, -0.25) is 9.69 Å². The van der Waals surface area contributed by atoms with Crippen molar-refractivity contribution in [2.24, 2.45) is 0 Å². The van der Waals surface area contributed by atoms with Crippen LogP contribution in [0.4, 0.5) is 15.8 Å². The zero-order valence-corrected chi connectivity index (χ0v) is 20.0. The number of carbonyl (C=O) groups is 1. The van der Waals surface area contributed by atoms with Crippen LogP contribution in [-0.4, -0.2) is 62.4 Å². The fraction of sp³-hybridized carbons (Fsp3) is 0.360. The molecule has 0 aliphatic carbocycles. The number of nitrogens with zero attached hydrogens (tertiary/aromatic N) is 6. The molecule has 1 N–H and O–H groups in total. The summed E-state index contributed by atoms with van der Waals surface area (Å²) in [6, 6.07) is 5.82. The maximum Gasteiger partial charge on any atom is 0.257 e. The Morgan fingerprint density at radius 3 is 2.59 bits per heavy atom. The van der Waals surface area contributed by atoms with Crippen molar-refractivity contribution in [3.63, 3.8) is 0 Å². The molecule has 1 aliphatic heterocycles. The Hall–Kier alpha value is -3.59. The highest BCUT2D eigenvalue weighted by atomic mass is 19.1. The maximum absolute atomic E-state index is 14.5. The number of benzene rings is 1. The van der Waals surface area contributed by atoms with E-state index in [1.54, 1.807) is 42.9 Å². The topological polar surface area (TPSA) is 78.7 Å². The van der Waals surface area contributed by atoms with Gasteiger partial charge >= 0.3 is 0 Å². The largest absolute Gasteiger partial charge is 0.368 e. The zero-order valence-electron chi connectivity index (χ0n) is 20.0. The highest BCUT2D eigenvalue weighted by Gasteiger charge is 2.28. The van der Waals surface area contributed by atoms with Gasteiger partial charge in [-0.15, -0.1) is 0 Å². The van der Waals surface area contributed by atoms with E-state index in [-0.39, 0.29) is 11.6 Å². The Balaban J connectivity index is 1.52. The lowest BCUT2D eigenvalue weighted by atomic mass is 10.0. The van der Waals surface area contributed by atoms with Crippen LogP contribution in [0.3, 0.4) is 0 Å². The number of likely N-dealkylation sites (N-methyl/N-ethyl adjacent to an activating group) is 1. The summed E-state index contributed by atoms with van der Waals surface area (Å²) >= 11 is 0. The molecule has 4 aromatic rings. The third kappa shape index (κ3) is 3.86. The number of aromatic nitrogens is 4. The molecule has 1 aliphatic rings. The van der Waals surface area contributed by atoms with Gasteiger partial charge in [0, 0.05) is 60.9 Å². The van der Waals surface area contributed by atoms with Crippen molar-refractivity contribution in [3.8, 4) is 0 Å². The van der Waals surface area contributed by atoms with Gasteiger partial charge in [0.05, 0.1) is 22.5 Å². The zero-order chi connectivity index (χ0) is 24.1. The summed E-state index contributed by atoms with van der Waals surface area (Å²) in [6.07, 6.45) is 5.16. The minimum atomic E-state index is -0.498. The van der Waals surface area contributed by atoms with E-state index >= 15 is 0 Å². The number of hydrogen-bond acceptors (Lipinski definition) is 6. The molecule has 9 heteroatoms. The normalized spacial score (nSPS) is 19.2. The molecule has 0 unspecified atom stereocenters. The lowest BCUT2D eigenvalue weighted by Crippen LogP contribution is -2.55. The maximum atomic E-state index is 14.5. The first-order valence-electron chi connectivity index (χ1n) is 11.4. The molecular formula is C25H28FN7O. The van der Waals surface area contributed by atoms with Crippen LogP contribution in [-0.2, 0) is 0 Å². The van der Waals surface area contributed by atoms with E-state index in [4.69, 9.17) is 0 Å². The SMILES string of the molecule is Cc1cn2cc(NC(=O)c3ccc(N4C[C@H](C)N(C)[C@@H](C)C4)c4cnc(C)nc34)cc(F)c2n1. The molecule has 0 saturated carbocycles. The number of aryl methyl sites for hydroxylation is 2. The van der Waals surface area contributed by atoms with Crippen LogP contribution in [0.2, 0.25) is 0 Å². The fourth-order valence-corrected chi connectivity index (χ4v) is 4.70. The molecule has 0 radical (unpaired) electrons. The third-order valence-corrected chi connectivity index (χ3v) is 6.68. The van der Waals surface area contributed by atoms with Gasteiger partial charge in [-0.2, -0.15) is 0 Å². The first-order chi connectivity index (χ1) is 16.2. The van der Waals surface area contributed by atoms with Gasteiger partial charge in [0.1, 0.15) is 5.82 Å². The summed E-state index contributed by atoms with van der Waals surface area (Å²) < 4.78 is 16.1. The van der Waals surface area contributed by atoms with Crippen molar-refractivity contribution in [1.82, 2.24) is 24.3 Å². The Morgan fingerprint density at radius 1 is 1.12 bits per heavy atom. The number of imidazole rings is 1. The molecule has 34 heavy (non-hydrogen) atoms. The van der Waals surface area contributed by atoms with Gasteiger partial charge in [0.15, 0.2) is 11.5 Å². The van der Waals surface area contributed by atoms with E-state index in [0.717, 1.165) is 24.2 Å². The van der Waals surface area contributed by atoms with Gasteiger partial charge in [0.2, 0.25) is 0 Å². The van der Waals surface area contributed by atoms with Crippen molar-refractivity contribution in [2.45, 2.75) is 39.8 Å². The highest BCUT2D eigenvalue weighted by Crippen LogP contribution is 2.31. The Kier molecular flexibility index (Phi) is 5.44. The Labute approximate surface area is 197 Å². The van der Waals surface area contributed by atoms with Crippen LogP contribution >= 0.6 is 0 Å². The van der Waals surface area contributed by atoms with Gasteiger partial charge in [-0.25, -0.2) is 19.3 Å². The first-order valence-corrected chi connectivity index (χ1v) is 11.4. The summed E-state index contributed by atoms with van der Waals surface area (Å²) in [5.74, 6) is -0.270. The quantitative estimate of drug-likeness (QED) is 0.500.